The van der Waals surface area contributed by atoms with Crippen molar-refractivity contribution in [2.45, 2.75) is 25.4 Å². The molecule has 1 atom stereocenters. The summed E-state index contributed by atoms with van der Waals surface area (Å²) in [4.78, 5) is 25.4. The van der Waals surface area contributed by atoms with E-state index in [-0.39, 0.29) is 11.8 Å². The normalized spacial score (nSPS) is 18.3. The third-order valence-electron chi connectivity index (χ3n) is 4.86. The number of hydrogen-bond donors (Lipinski definition) is 0. The first-order chi connectivity index (χ1) is 12.6. The Bertz CT molecular complexity index is 944. The van der Waals surface area contributed by atoms with Crippen molar-refractivity contribution >= 4 is 17.0 Å². The van der Waals surface area contributed by atoms with Gasteiger partial charge in [-0.2, -0.15) is 0 Å². The Morgan fingerprint density at radius 3 is 2.77 bits per heavy atom. The quantitative estimate of drug-likeness (QED) is 0.717. The van der Waals surface area contributed by atoms with E-state index in [2.05, 4.69) is 14.9 Å². The topological polar surface area (TPSA) is 67.4 Å². The highest BCUT2D eigenvalue weighted by atomic mass is 16.4. The molecule has 0 amide bonds. The van der Waals surface area contributed by atoms with Crippen LogP contribution in [0.5, 0.6) is 0 Å². The van der Waals surface area contributed by atoms with Crippen LogP contribution >= 0.6 is 0 Å². The lowest BCUT2D eigenvalue weighted by atomic mass is 10.0. The maximum absolute atomic E-state index is 12.4. The summed E-state index contributed by atoms with van der Waals surface area (Å²) in [6.45, 7) is 2.62. The Kier molecular flexibility index (Phi) is 4.46. The van der Waals surface area contributed by atoms with Crippen molar-refractivity contribution < 1.29 is 4.42 Å². The van der Waals surface area contributed by atoms with Crippen molar-refractivity contribution in [2.24, 2.45) is 0 Å². The van der Waals surface area contributed by atoms with E-state index in [4.69, 9.17) is 4.42 Å². The van der Waals surface area contributed by atoms with Gasteiger partial charge in [-0.05, 0) is 31.5 Å². The number of benzene rings is 1. The minimum absolute atomic E-state index is 0.127. The molecule has 1 aromatic carbocycles. The molecule has 2 aromatic heterocycles. The summed E-state index contributed by atoms with van der Waals surface area (Å²) in [6, 6.07) is 7.75. The molecule has 1 aliphatic rings. The fraction of sp³-hybridized carbons (Fsp3) is 0.421. The average Bonchev–Trinajstić information content (AvgIpc) is 2.98. The summed E-state index contributed by atoms with van der Waals surface area (Å²) in [6.07, 6.45) is 5.79. The molecular weight excluding hydrogens is 330 g/mol. The maximum atomic E-state index is 12.4. The van der Waals surface area contributed by atoms with Crippen molar-refractivity contribution in [1.29, 1.82) is 0 Å². The van der Waals surface area contributed by atoms with Crippen molar-refractivity contribution in [3.63, 3.8) is 0 Å². The lowest BCUT2D eigenvalue weighted by Crippen LogP contribution is -2.38. The van der Waals surface area contributed by atoms with E-state index in [9.17, 15) is 4.79 Å². The number of anilines is 1. The Morgan fingerprint density at radius 2 is 2.00 bits per heavy atom. The number of piperidine rings is 1. The van der Waals surface area contributed by atoms with Crippen LogP contribution in [0, 0.1) is 0 Å². The molecule has 0 spiro atoms. The van der Waals surface area contributed by atoms with Gasteiger partial charge in [0.05, 0.1) is 11.6 Å². The predicted octanol–water partition coefficient (Wildman–Crippen LogP) is 2.29. The first-order valence-corrected chi connectivity index (χ1v) is 8.92. The summed E-state index contributed by atoms with van der Waals surface area (Å²) >= 11 is 0. The zero-order valence-electron chi connectivity index (χ0n) is 15.1. The lowest BCUT2D eigenvalue weighted by Gasteiger charge is -2.32. The SMILES string of the molecule is CN(C)c1ncc(CN2CCCC(n3c(=O)oc4ccccc43)C2)cn1. The fourth-order valence-corrected chi connectivity index (χ4v) is 3.63. The fourth-order valence-electron chi connectivity index (χ4n) is 3.63. The Morgan fingerprint density at radius 1 is 1.23 bits per heavy atom. The molecule has 1 unspecified atom stereocenters. The number of likely N-dealkylation sites (tertiary alicyclic amines) is 1. The molecule has 3 aromatic rings. The molecule has 1 aliphatic heterocycles. The van der Waals surface area contributed by atoms with Gasteiger partial charge in [-0.3, -0.25) is 9.47 Å². The molecular formula is C19H23N5O2. The summed E-state index contributed by atoms with van der Waals surface area (Å²) in [5.41, 5.74) is 2.62. The lowest BCUT2D eigenvalue weighted by molar-refractivity contribution is 0.167. The molecule has 3 heterocycles. The van der Waals surface area contributed by atoms with Gasteiger partial charge in [-0.25, -0.2) is 14.8 Å². The zero-order valence-corrected chi connectivity index (χ0v) is 15.1. The number of rotatable bonds is 4. The number of nitrogens with zero attached hydrogens (tertiary/aromatic N) is 5. The molecule has 0 N–H and O–H groups in total. The van der Waals surface area contributed by atoms with Crippen molar-refractivity contribution in [2.75, 3.05) is 32.1 Å². The summed E-state index contributed by atoms with van der Waals surface area (Å²) in [5.74, 6) is 0.443. The third kappa shape index (κ3) is 3.22. The highest BCUT2D eigenvalue weighted by molar-refractivity contribution is 5.72. The third-order valence-corrected chi connectivity index (χ3v) is 4.86. The maximum Gasteiger partial charge on any atom is 0.420 e. The Balaban J connectivity index is 1.52. The van der Waals surface area contributed by atoms with Gasteiger partial charge in [0.2, 0.25) is 5.95 Å². The van der Waals surface area contributed by atoms with Crippen molar-refractivity contribution in [3.05, 3.63) is 52.8 Å². The second-order valence-electron chi connectivity index (χ2n) is 7.02. The van der Waals surface area contributed by atoms with Crippen LogP contribution in [0.3, 0.4) is 0 Å². The molecule has 7 nitrogen and oxygen atoms in total. The average molecular weight is 353 g/mol. The van der Waals surface area contributed by atoms with E-state index in [0.717, 1.165) is 43.6 Å². The molecule has 0 saturated carbocycles. The van der Waals surface area contributed by atoms with Gasteiger partial charge in [0, 0.05) is 45.1 Å². The van der Waals surface area contributed by atoms with Crippen LogP contribution in [-0.4, -0.2) is 46.6 Å². The molecule has 136 valence electrons. The molecule has 0 bridgehead atoms. The summed E-state index contributed by atoms with van der Waals surface area (Å²) in [5, 5.41) is 0. The standard InChI is InChI=1S/C19H23N5O2/c1-22(2)18-20-10-14(11-21-18)12-23-9-5-6-15(13-23)24-16-7-3-4-8-17(16)26-19(24)25/h3-4,7-8,10-11,15H,5-6,9,12-13H2,1-2H3. The van der Waals surface area contributed by atoms with Crippen molar-refractivity contribution in [3.8, 4) is 0 Å². The zero-order chi connectivity index (χ0) is 18.1. The van der Waals surface area contributed by atoms with Gasteiger partial charge >= 0.3 is 5.76 Å². The summed E-state index contributed by atoms with van der Waals surface area (Å²) < 4.78 is 7.22. The molecule has 1 saturated heterocycles. The van der Waals surface area contributed by atoms with E-state index in [0.29, 0.717) is 11.5 Å². The number of para-hydroxylation sites is 2. The summed E-state index contributed by atoms with van der Waals surface area (Å²) in [7, 11) is 3.86. The van der Waals surface area contributed by atoms with E-state index < -0.39 is 0 Å². The Labute approximate surface area is 151 Å². The Hall–Kier alpha value is -2.67. The first kappa shape index (κ1) is 16.8. The highest BCUT2D eigenvalue weighted by Crippen LogP contribution is 2.25. The second-order valence-corrected chi connectivity index (χ2v) is 7.02. The van der Waals surface area contributed by atoms with E-state index in [1.807, 2.05) is 60.2 Å². The van der Waals surface area contributed by atoms with Crippen LogP contribution < -0.4 is 10.7 Å². The molecule has 7 heteroatoms. The number of hydrogen-bond acceptors (Lipinski definition) is 6. The van der Waals surface area contributed by atoms with E-state index >= 15 is 0 Å². The van der Waals surface area contributed by atoms with Crippen LogP contribution in [0.4, 0.5) is 5.95 Å². The second kappa shape index (κ2) is 6.92. The smallest absolute Gasteiger partial charge is 0.408 e. The molecule has 4 rings (SSSR count). The van der Waals surface area contributed by atoms with Crippen LogP contribution in [-0.2, 0) is 6.54 Å². The van der Waals surface area contributed by atoms with Crippen LogP contribution in [0.25, 0.3) is 11.1 Å². The molecule has 0 radical (unpaired) electrons. The predicted molar refractivity (Wildman–Crippen MR) is 100 cm³/mol. The molecule has 26 heavy (non-hydrogen) atoms. The van der Waals surface area contributed by atoms with Crippen LogP contribution in [0.15, 0.2) is 45.9 Å². The van der Waals surface area contributed by atoms with Gasteiger partial charge < -0.3 is 9.32 Å². The molecule has 0 aliphatic carbocycles. The van der Waals surface area contributed by atoms with Gasteiger partial charge in [-0.1, -0.05) is 12.1 Å². The monoisotopic (exact) mass is 353 g/mol. The van der Waals surface area contributed by atoms with Gasteiger partial charge in [0.25, 0.3) is 0 Å². The minimum Gasteiger partial charge on any atom is -0.408 e. The molecule has 1 fully saturated rings. The minimum atomic E-state index is -0.267. The van der Waals surface area contributed by atoms with Gasteiger partial charge in [0.15, 0.2) is 5.58 Å². The number of aromatic nitrogens is 3. The van der Waals surface area contributed by atoms with E-state index in [1.165, 1.54) is 0 Å². The number of oxazole rings is 1. The van der Waals surface area contributed by atoms with Gasteiger partial charge in [0.1, 0.15) is 0 Å². The van der Waals surface area contributed by atoms with Gasteiger partial charge in [-0.15, -0.1) is 0 Å². The largest absolute Gasteiger partial charge is 0.420 e. The van der Waals surface area contributed by atoms with E-state index in [1.54, 1.807) is 0 Å². The highest BCUT2D eigenvalue weighted by Gasteiger charge is 2.25. The number of fused-ring (bicyclic) bond motifs is 1. The van der Waals surface area contributed by atoms with Crippen molar-refractivity contribution in [1.82, 2.24) is 19.4 Å². The van der Waals surface area contributed by atoms with Crippen LogP contribution in [0.2, 0.25) is 0 Å². The first-order valence-electron chi connectivity index (χ1n) is 8.92. The van der Waals surface area contributed by atoms with Crippen LogP contribution in [0.1, 0.15) is 24.4 Å².